The Bertz CT molecular complexity index is 540. The van der Waals surface area contributed by atoms with E-state index in [0.29, 0.717) is 6.04 Å². The Morgan fingerprint density at radius 3 is 2.76 bits per heavy atom. The minimum absolute atomic E-state index is 0.210. The Morgan fingerprint density at radius 1 is 1.33 bits per heavy atom. The topological polar surface area (TPSA) is 29.9 Å². The lowest BCUT2D eigenvalue weighted by atomic mass is 9.84. The molecule has 0 spiro atoms. The lowest BCUT2D eigenvalue weighted by Gasteiger charge is -2.31. The van der Waals surface area contributed by atoms with Crippen LogP contribution in [0.5, 0.6) is 0 Å². The molecule has 2 aromatic rings. The summed E-state index contributed by atoms with van der Waals surface area (Å²) >= 11 is 1.81. The summed E-state index contributed by atoms with van der Waals surface area (Å²) < 4.78 is 2.13. The minimum atomic E-state index is 0.210. The zero-order valence-corrected chi connectivity index (χ0v) is 13.8. The molecule has 0 radical (unpaired) electrons. The molecule has 1 N–H and O–H groups in total. The molecule has 0 aliphatic heterocycles. The fourth-order valence-corrected chi connectivity index (χ4v) is 4.21. The maximum atomic E-state index is 4.58. The van der Waals surface area contributed by atoms with Gasteiger partial charge in [-0.05, 0) is 37.1 Å². The Morgan fingerprint density at radius 2 is 2.14 bits per heavy atom. The third kappa shape index (κ3) is 3.38. The second-order valence-corrected chi connectivity index (χ2v) is 7.18. The molecule has 1 saturated carbocycles. The molecule has 21 heavy (non-hydrogen) atoms. The number of aryl methyl sites for hydroxylation is 1. The number of thiophene rings is 1. The van der Waals surface area contributed by atoms with Crippen LogP contribution in [0.4, 0.5) is 0 Å². The number of aromatic nitrogens is 2. The maximum absolute atomic E-state index is 4.58. The van der Waals surface area contributed by atoms with Crippen molar-refractivity contribution in [3.63, 3.8) is 0 Å². The van der Waals surface area contributed by atoms with E-state index in [2.05, 4.69) is 46.4 Å². The molecule has 1 unspecified atom stereocenters. The first-order valence-corrected chi connectivity index (χ1v) is 8.90. The fourth-order valence-electron chi connectivity index (χ4n) is 3.43. The monoisotopic (exact) mass is 303 g/mol. The normalized spacial score (nSPS) is 19.5. The van der Waals surface area contributed by atoms with E-state index in [9.17, 15) is 0 Å². The molecular formula is C17H25N3S. The van der Waals surface area contributed by atoms with Crippen LogP contribution >= 0.6 is 11.3 Å². The minimum Gasteiger partial charge on any atom is -0.336 e. The Labute approximate surface area is 131 Å². The van der Waals surface area contributed by atoms with Gasteiger partial charge in [-0.3, -0.25) is 0 Å². The van der Waals surface area contributed by atoms with Crippen molar-refractivity contribution in [3.8, 4) is 0 Å². The first-order chi connectivity index (χ1) is 10.3. The predicted octanol–water partition coefficient (Wildman–Crippen LogP) is 4.13. The van der Waals surface area contributed by atoms with Crippen LogP contribution in [0.25, 0.3) is 0 Å². The highest BCUT2D eigenvalue weighted by molar-refractivity contribution is 7.10. The summed E-state index contributed by atoms with van der Waals surface area (Å²) in [4.78, 5) is 5.93. The second kappa shape index (κ2) is 6.75. The van der Waals surface area contributed by atoms with Crippen LogP contribution in [0.2, 0.25) is 0 Å². The molecule has 0 aromatic carbocycles. The van der Waals surface area contributed by atoms with E-state index in [0.717, 1.165) is 11.7 Å². The first kappa shape index (κ1) is 14.8. The third-order valence-electron chi connectivity index (χ3n) is 4.73. The van der Waals surface area contributed by atoms with Gasteiger partial charge in [0.25, 0.3) is 0 Å². The van der Waals surface area contributed by atoms with Crippen LogP contribution in [-0.4, -0.2) is 15.6 Å². The molecule has 3 nitrogen and oxygen atoms in total. The molecular weight excluding hydrogens is 278 g/mol. The Kier molecular flexibility index (Phi) is 4.76. The van der Waals surface area contributed by atoms with E-state index in [-0.39, 0.29) is 6.04 Å². The van der Waals surface area contributed by atoms with Crippen molar-refractivity contribution in [1.82, 2.24) is 14.9 Å². The second-order valence-electron chi connectivity index (χ2n) is 6.20. The quantitative estimate of drug-likeness (QED) is 0.900. The van der Waals surface area contributed by atoms with Crippen molar-refractivity contribution in [2.45, 2.75) is 51.1 Å². The van der Waals surface area contributed by atoms with Crippen molar-refractivity contribution in [2.24, 2.45) is 13.0 Å². The van der Waals surface area contributed by atoms with Gasteiger partial charge in [-0.2, -0.15) is 0 Å². The van der Waals surface area contributed by atoms with E-state index >= 15 is 0 Å². The van der Waals surface area contributed by atoms with Crippen LogP contribution in [0.1, 0.15) is 55.8 Å². The smallest absolute Gasteiger partial charge is 0.131 e. The summed E-state index contributed by atoms with van der Waals surface area (Å²) in [6.07, 6.45) is 10.9. The molecule has 2 heterocycles. The molecule has 114 valence electrons. The van der Waals surface area contributed by atoms with Gasteiger partial charge >= 0.3 is 0 Å². The fraction of sp³-hybridized carbons (Fsp3) is 0.588. The van der Waals surface area contributed by atoms with Gasteiger partial charge in [0.1, 0.15) is 11.9 Å². The van der Waals surface area contributed by atoms with Gasteiger partial charge in [-0.25, -0.2) is 4.98 Å². The molecule has 0 amide bonds. The molecule has 0 saturated heterocycles. The lowest BCUT2D eigenvalue weighted by Crippen LogP contribution is -2.38. The molecule has 2 aromatic heterocycles. The lowest BCUT2D eigenvalue weighted by molar-refractivity contribution is 0.270. The summed E-state index contributed by atoms with van der Waals surface area (Å²) in [5, 5.41) is 6.01. The molecule has 1 fully saturated rings. The number of nitrogens with one attached hydrogen (secondary N) is 1. The van der Waals surface area contributed by atoms with Crippen LogP contribution < -0.4 is 5.32 Å². The average molecular weight is 303 g/mol. The van der Waals surface area contributed by atoms with Crippen molar-refractivity contribution in [3.05, 3.63) is 40.6 Å². The summed E-state index contributed by atoms with van der Waals surface area (Å²) in [6, 6.07) is 5.09. The highest BCUT2D eigenvalue weighted by atomic mass is 32.1. The average Bonchev–Trinajstić information content (AvgIpc) is 3.17. The highest BCUT2D eigenvalue weighted by Gasteiger charge is 2.26. The van der Waals surface area contributed by atoms with E-state index in [4.69, 9.17) is 0 Å². The molecule has 1 aliphatic carbocycles. The van der Waals surface area contributed by atoms with Crippen molar-refractivity contribution >= 4 is 11.3 Å². The molecule has 0 bridgehead atoms. The van der Waals surface area contributed by atoms with Gasteiger partial charge < -0.3 is 9.88 Å². The first-order valence-electron chi connectivity index (χ1n) is 8.02. The number of nitrogens with zero attached hydrogens (tertiary/aromatic N) is 2. The number of hydrogen-bond acceptors (Lipinski definition) is 3. The number of imidazole rings is 1. The SMILES string of the molecule is C[C@H](NC(c1cccs1)c1nccn1C)C1CCCCC1. The van der Waals surface area contributed by atoms with Gasteiger partial charge in [-0.15, -0.1) is 11.3 Å². The number of rotatable bonds is 5. The van der Waals surface area contributed by atoms with Gasteiger partial charge in [0.2, 0.25) is 0 Å². The zero-order chi connectivity index (χ0) is 14.7. The molecule has 1 aliphatic rings. The van der Waals surface area contributed by atoms with Crippen LogP contribution in [0, 0.1) is 5.92 Å². The zero-order valence-electron chi connectivity index (χ0n) is 13.0. The molecule has 3 rings (SSSR count). The van der Waals surface area contributed by atoms with Gasteiger partial charge in [0, 0.05) is 30.4 Å². The van der Waals surface area contributed by atoms with Crippen LogP contribution in [-0.2, 0) is 7.05 Å². The van der Waals surface area contributed by atoms with Crippen LogP contribution in [0.15, 0.2) is 29.9 Å². The standard InChI is InChI=1S/C17H25N3S/c1-13(14-7-4-3-5-8-14)19-16(15-9-6-12-21-15)17-18-10-11-20(17)2/h6,9-14,16,19H,3-5,7-8H2,1-2H3/t13-,16?/m0/s1. The van der Waals surface area contributed by atoms with Gasteiger partial charge in [0.05, 0.1) is 0 Å². The van der Waals surface area contributed by atoms with E-state index in [1.54, 1.807) is 0 Å². The van der Waals surface area contributed by atoms with Crippen molar-refractivity contribution < 1.29 is 0 Å². The summed E-state index contributed by atoms with van der Waals surface area (Å²) in [5.41, 5.74) is 0. The van der Waals surface area contributed by atoms with E-state index in [1.807, 2.05) is 23.7 Å². The van der Waals surface area contributed by atoms with Crippen molar-refractivity contribution in [2.75, 3.05) is 0 Å². The van der Waals surface area contributed by atoms with Gasteiger partial charge in [0.15, 0.2) is 0 Å². The summed E-state index contributed by atoms with van der Waals surface area (Å²) in [6.45, 7) is 2.35. The summed E-state index contributed by atoms with van der Waals surface area (Å²) in [7, 11) is 2.08. The Hall–Kier alpha value is -1.13. The predicted molar refractivity (Wildman–Crippen MR) is 88.5 cm³/mol. The Balaban J connectivity index is 1.78. The van der Waals surface area contributed by atoms with E-state index < -0.39 is 0 Å². The number of hydrogen-bond donors (Lipinski definition) is 1. The van der Waals surface area contributed by atoms with Crippen LogP contribution in [0.3, 0.4) is 0 Å². The van der Waals surface area contributed by atoms with E-state index in [1.165, 1.54) is 37.0 Å². The molecule has 4 heteroatoms. The third-order valence-corrected chi connectivity index (χ3v) is 5.67. The largest absolute Gasteiger partial charge is 0.336 e. The van der Waals surface area contributed by atoms with Gasteiger partial charge in [-0.1, -0.05) is 25.3 Å². The summed E-state index contributed by atoms with van der Waals surface area (Å²) in [5.74, 6) is 1.92. The van der Waals surface area contributed by atoms with Crippen molar-refractivity contribution in [1.29, 1.82) is 0 Å². The molecule has 2 atom stereocenters. The maximum Gasteiger partial charge on any atom is 0.131 e. The highest BCUT2D eigenvalue weighted by Crippen LogP contribution is 2.30.